The number of aromatic nitrogens is 2. The summed E-state index contributed by atoms with van der Waals surface area (Å²) in [5.41, 5.74) is 7.97. The van der Waals surface area contributed by atoms with Crippen molar-refractivity contribution in [3.63, 3.8) is 0 Å². The number of ether oxygens (including phenoxy) is 1. The van der Waals surface area contributed by atoms with Gasteiger partial charge in [0.25, 0.3) is 5.56 Å². The standard InChI is InChI=1S/C20H22N4O2S2/c1-2-26-13-9-7-12(8-10-13)22-20(21)27-11-16-23-18(25)17-14-5-3-4-6-15(14)28-19(17)24-16/h7-10H,2-6,11H2,1H3,(H2,21,22)(H,23,24,25). The summed E-state index contributed by atoms with van der Waals surface area (Å²) in [4.78, 5) is 26.7. The largest absolute Gasteiger partial charge is 0.494 e. The van der Waals surface area contributed by atoms with Crippen LogP contribution in [-0.4, -0.2) is 21.7 Å². The summed E-state index contributed by atoms with van der Waals surface area (Å²) in [6.07, 6.45) is 4.38. The highest BCUT2D eigenvalue weighted by molar-refractivity contribution is 8.13. The lowest BCUT2D eigenvalue weighted by atomic mass is 9.97. The predicted molar refractivity (Wildman–Crippen MR) is 117 cm³/mol. The molecule has 3 aromatic rings. The fourth-order valence-electron chi connectivity index (χ4n) is 3.36. The van der Waals surface area contributed by atoms with E-state index in [1.165, 1.54) is 28.6 Å². The minimum Gasteiger partial charge on any atom is -0.494 e. The molecule has 1 aromatic carbocycles. The zero-order valence-electron chi connectivity index (χ0n) is 15.7. The molecule has 0 fully saturated rings. The van der Waals surface area contributed by atoms with Crippen molar-refractivity contribution in [3.05, 3.63) is 50.9 Å². The van der Waals surface area contributed by atoms with Gasteiger partial charge in [-0.2, -0.15) is 0 Å². The van der Waals surface area contributed by atoms with Crippen molar-refractivity contribution >= 4 is 44.2 Å². The number of hydrogen-bond donors (Lipinski definition) is 2. The fraction of sp³-hybridized carbons (Fsp3) is 0.350. The van der Waals surface area contributed by atoms with E-state index in [4.69, 9.17) is 10.5 Å². The van der Waals surface area contributed by atoms with Crippen LogP contribution in [0.1, 0.15) is 36.0 Å². The summed E-state index contributed by atoms with van der Waals surface area (Å²) in [5, 5.41) is 1.21. The number of hydrogen-bond acceptors (Lipinski definition) is 6. The minimum absolute atomic E-state index is 0.0398. The molecule has 0 aliphatic heterocycles. The molecule has 0 bridgehead atoms. The summed E-state index contributed by atoms with van der Waals surface area (Å²) >= 11 is 3.02. The number of aromatic amines is 1. The van der Waals surface area contributed by atoms with Crippen LogP contribution in [0.5, 0.6) is 5.75 Å². The van der Waals surface area contributed by atoms with Crippen LogP contribution in [0.2, 0.25) is 0 Å². The van der Waals surface area contributed by atoms with Gasteiger partial charge >= 0.3 is 0 Å². The number of aryl methyl sites for hydroxylation is 2. The lowest BCUT2D eigenvalue weighted by Crippen LogP contribution is -2.14. The molecule has 6 nitrogen and oxygen atoms in total. The average molecular weight is 415 g/mol. The highest BCUT2D eigenvalue weighted by Crippen LogP contribution is 2.33. The van der Waals surface area contributed by atoms with Crippen molar-refractivity contribution in [2.75, 3.05) is 6.61 Å². The first-order valence-corrected chi connectivity index (χ1v) is 11.2. The maximum atomic E-state index is 12.6. The Morgan fingerprint density at radius 2 is 2.11 bits per heavy atom. The number of H-pyrrole nitrogens is 1. The molecule has 0 spiro atoms. The third-order valence-electron chi connectivity index (χ3n) is 4.62. The highest BCUT2D eigenvalue weighted by Gasteiger charge is 2.19. The summed E-state index contributed by atoms with van der Waals surface area (Å²) in [5.74, 6) is 1.91. The molecule has 146 valence electrons. The van der Waals surface area contributed by atoms with Crippen molar-refractivity contribution in [1.29, 1.82) is 0 Å². The molecule has 0 radical (unpaired) electrons. The molecule has 1 aliphatic carbocycles. The second-order valence-electron chi connectivity index (χ2n) is 6.57. The first-order valence-electron chi connectivity index (χ1n) is 9.37. The topological polar surface area (TPSA) is 93.4 Å². The Bertz CT molecular complexity index is 1070. The van der Waals surface area contributed by atoms with Crippen LogP contribution >= 0.6 is 23.1 Å². The van der Waals surface area contributed by atoms with Crippen molar-refractivity contribution in [3.8, 4) is 5.75 Å². The van der Waals surface area contributed by atoms with Crippen molar-refractivity contribution in [2.24, 2.45) is 10.7 Å². The van der Waals surface area contributed by atoms with Gasteiger partial charge < -0.3 is 15.5 Å². The van der Waals surface area contributed by atoms with Gasteiger partial charge in [0.15, 0.2) is 5.17 Å². The summed E-state index contributed by atoms with van der Waals surface area (Å²) < 4.78 is 5.42. The number of amidine groups is 1. The van der Waals surface area contributed by atoms with Gasteiger partial charge in [-0.3, -0.25) is 4.79 Å². The Morgan fingerprint density at radius 1 is 1.32 bits per heavy atom. The van der Waals surface area contributed by atoms with Crippen LogP contribution in [0, 0.1) is 0 Å². The Morgan fingerprint density at radius 3 is 2.89 bits per heavy atom. The molecule has 8 heteroatoms. The number of thiophene rings is 1. The van der Waals surface area contributed by atoms with Crippen LogP contribution in [0.25, 0.3) is 10.2 Å². The van der Waals surface area contributed by atoms with Gasteiger partial charge in [0.05, 0.1) is 23.4 Å². The lowest BCUT2D eigenvalue weighted by Gasteiger charge is -2.09. The van der Waals surface area contributed by atoms with Crippen LogP contribution in [-0.2, 0) is 18.6 Å². The molecule has 0 saturated heterocycles. The van der Waals surface area contributed by atoms with E-state index in [9.17, 15) is 4.79 Å². The average Bonchev–Trinajstić information content (AvgIpc) is 3.07. The van der Waals surface area contributed by atoms with Crippen molar-refractivity contribution < 1.29 is 4.74 Å². The molecule has 4 rings (SSSR count). The smallest absolute Gasteiger partial charge is 0.259 e. The number of thioether (sulfide) groups is 1. The Labute approximate surface area is 171 Å². The van der Waals surface area contributed by atoms with Crippen LogP contribution in [0.3, 0.4) is 0 Å². The number of nitrogens with two attached hydrogens (primary N) is 1. The predicted octanol–water partition coefficient (Wildman–Crippen LogP) is 4.14. The third kappa shape index (κ3) is 4.07. The molecule has 0 saturated carbocycles. The summed E-state index contributed by atoms with van der Waals surface area (Å²) in [6, 6.07) is 7.46. The van der Waals surface area contributed by atoms with Gasteiger partial charge in [0.2, 0.25) is 0 Å². The molecule has 0 atom stereocenters. The molecular formula is C20H22N4O2S2. The molecule has 1 aliphatic rings. The number of fused-ring (bicyclic) bond motifs is 3. The SMILES string of the molecule is CCOc1ccc(N=C(N)SCc2nc3sc4c(c3c(=O)[nH]2)CCCC4)cc1. The maximum Gasteiger partial charge on any atom is 0.259 e. The van der Waals surface area contributed by atoms with E-state index >= 15 is 0 Å². The molecular weight excluding hydrogens is 392 g/mol. The zero-order valence-corrected chi connectivity index (χ0v) is 17.3. The van der Waals surface area contributed by atoms with Gasteiger partial charge in [-0.15, -0.1) is 11.3 Å². The molecule has 0 amide bonds. The molecule has 28 heavy (non-hydrogen) atoms. The van der Waals surface area contributed by atoms with E-state index in [0.29, 0.717) is 23.4 Å². The molecule has 2 aromatic heterocycles. The number of benzene rings is 1. The Balaban J connectivity index is 1.48. The summed E-state index contributed by atoms with van der Waals surface area (Å²) in [6.45, 7) is 2.57. The van der Waals surface area contributed by atoms with Gasteiger partial charge in [0, 0.05) is 4.88 Å². The normalized spacial score (nSPS) is 14.2. The van der Waals surface area contributed by atoms with E-state index in [1.807, 2.05) is 31.2 Å². The third-order valence-corrected chi connectivity index (χ3v) is 6.61. The molecule has 2 heterocycles. The monoisotopic (exact) mass is 414 g/mol. The molecule has 3 N–H and O–H groups in total. The second-order valence-corrected chi connectivity index (χ2v) is 8.65. The molecule has 0 unspecified atom stereocenters. The van der Waals surface area contributed by atoms with E-state index < -0.39 is 0 Å². The minimum atomic E-state index is -0.0398. The first-order chi connectivity index (χ1) is 13.6. The van der Waals surface area contributed by atoms with Crippen molar-refractivity contribution in [2.45, 2.75) is 38.4 Å². The Kier molecular flexibility index (Phi) is 5.68. The maximum absolute atomic E-state index is 12.6. The number of aliphatic imine (C=N–C) groups is 1. The van der Waals surface area contributed by atoms with Crippen LogP contribution in [0.4, 0.5) is 5.69 Å². The van der Waals surface area contributed by atoms with Crippen molar-refractivity contribution in [1.82, 2.24) is 9.97 Å². The van der Waals surface area contributed by atoms with Crippen LogP contribution < -0.4 is 16.0 Å². The fourth-order valence-corrected chi connectivity index (χ4v) is 5.23. The zero-order chi connectivity index (χ0) is 19.5. The van der Waals surface area contributed by atoms with E-state index in [1.54, 1.807) is 11.3 Å². The lowest BCUT2D eigenvalue weighted by molar-refractivity contribution is 0.340. The summed E-state index contributed by atoms with van der Waals surface area (Å²) in [7, 11) is 0. The van der Waals surface area contributed by atoms with Gasteiger partial charge in [-0.25, -0.2) is 9.98 Å². The second kappa shape index (κ2) is 8.36. The quantitative estimate of drug-likeness (QED) is 0.483. The number of nitrogens with one attached hydrogen (secondary N) is 1. The van der Waals surface area contributed by atoms with Gasteiger partial charge in [-0.1, -0.05) is 11.8 Å². The highest BCUT2D eigenvalue weighted by atomic mass is 32.2. The van der Waals surface area contributed by atoms with Gasteiger partial charge in [-0.05, 0) is 62.4 Å². The first kappa shape index (κ1) is 19.0. The Hall–Kier alpha value is -2.32. The van der Waals surface area contributed by atoms with E-state index in [0.717, 1.165) is 40.9 Å². The van der Waals surface area contributed by atoms with E-state index in [-0.39, 0.29) is 5.56 Å². The van der Waals surface area contributed by atoms with Crippen LogP contribution in [0.15, 0.2) is 34.1 Å². The van der Waals surface area contributed by atoms with E-state index in [2.05, 4.69) is 15.0 Å². The number of rotatable bonds is 5. The van der Waals surface area contributed by atoms with Gasteiger partial charge in [0.1, 0.15) is 16.4 Å². The number of nitrogens with zero attached hydrogens (tertiary/aromatic N) is 2.